The average molecular weight is 219 g/mol. The quantitative estimate of drug-likeness (QED) is 0.704. The van der Waals surface area contributed by atoms with Gasteiger partial charge in [0.05, 0.1) is 0 Å². The van der Waals surface area contributed by atoms with Crippen molar-refractivity contribution in [2.75, 3.05) is 5.73 Å². The van der Waals surface area contributed by atoms with Gasteiger partial charge >= 0.3 is 5.97 Å². The van der Waals surface area contributed by atoms with Crippen molar-refractivity contribution in [3.05, 3.63) is 24.3 Å². The largest absolute Gasteiger partial charge is 0.480 e. The van der Waals surface area contributed by atoms with Crippen LogP contribution in [0.5, 0.6) is 0 Å². The van der Waals surface area contributed by atoms with Gasteiger partial charge in [0.2, 0.25) is 5.82 Å². The summed E-state index contributed by atoms with van der Waals surface area (Å²) in [6.45, 7) is -0.304. The van der Waals surface area contributed by atoms with Crippen molar-refractivity contribution in [1.82, 2.24) is 20.2 Å². The summed E-state index contributed by atoms with van der Waals surface area (Å²) in [6.07, 6.45) is 0. The fraction of sp³-hybridized carbons (Fsp3) is 0.111. The number of benzene rings is 1. The molecule has 1 heterocycles. The third-order valence-corrected chi connectivity index (χ3v) is 1.90. The first-order valence-electron chi connectivity index (χ1n) is 4.50. The molecule has 0 unspecified atom stereocenters. The molecule has 7 nitrogen and oxygen atoms in total. The Hall–Kier alpha value is -2.44. The Morgan fingerprint density at radius 3 is 2.69 bits per heavy atom. The minimum atomic E-state index is -1.01. The Bertz CT molecular complexity index is 505. The molecule has 2 aromatic rings. The number of hydrogen-bond donors (Lipinski definition) is 2. The van der Waals surface area contributed by atoms with Crippen molar-refractivity contribution >= 4 is 11.7 Å². The number of carboxylic acid groups (broad SMARTS) is 1. The number of aliphatic carboxylic acids is 1. The van der Waals surface area contributed by atoms with Crippen LogP contribution in [0, 0.1) is 0 Å². The smallest absolute Gasteiger partial charge is 0.327 e. The van der Waals surface area contributed by atoms with Gasteiger partial charge < -0.3 is 10.8 Å². The van der Waals surface area contributed by atoms with Crippen LogP contribution in [0.3, 0.4) is 0 Å². The summed E-state index contributed by atoms with van der Waals surface area (Å²) < 4.78 is 0. The van der Waals surface area contributed by atoms with Crippen molar-refractivity contribution in [3.8, 4) is 11.4 Å². The summed E-state index contributed by atoms with van der Waals surface area (Å²) in [5.74, 6) is -0.637. The average Bonchev–Trinajstić information content (AvgIpc) is 2.66. The Kier molecular flexibility index (Phi) is 2.50. The van der Waals surface area contributed by atoms with Crippen LogP contribution in [0.2, 0.25) is 0 Å². The molecule has 7 heteroatoms. The summed E-state index contributed by atoms with van der Waals surface area (Å²) in [5.41, 5.74) is 6.92. The fourth-order valence-corrected chi connectivity index (χ4v) is 1.18. The van der Waals surface area contributed by atoms with Crippen LogP contribution in [-0.4, -0.2) is 31.3 Å². The summed E-state index contributed by atoms with van der Waals surface area (Å²) in [6, 6.07) is 6.93. The van der Waals surface area contributed by atoms with E-state index in [4.69, 9.17) is 10.8 Å². The van der Waals surface area contributed by atoms with E-state index in [2.05, 4.69) is 15.4 Å². The lowest BCUT2D eigenvalue weighted by atomic mass is 10.2. The van der Waals surface area contributed by atoms with E-state index in [-0.39, 0.29) is 6.54 Å². The highest BCUT2D eigenvalue weighted by Gasteiger charge is 2.07. The lowest BCUT2D eigenvalue weighted by Crippen LogP contribution is -2.11. The number of carbonyl (C=O) groups is 1. The molecule has 1 aromatic carbocycles. The van der Waals surface area contributed by atoms with Crippen LogP contribution >= 0.6 is 0 Å². The van der Waals surface area contributed by atoms with E-state index in [1.54, 1.807) is 24.3 Å². The first-order chi connectivity index (χ1) is 7.65. The number of rotatable bonds is 3. The predicted octanol–water partition coefficient (Wildman–Crippen LogP) is 0.00690. The number of hydrogen-bond acceptors (Lipinski definition) is 5. The Labute approximate surface area is 90.5 Å². The Balaban J connectivity index is 2.24. The Morgan fingerprint density at radius 2 is 2.06 bits per heavy atom. The van der Waals surface area contributed by atoms with Gasteiger partial charge in [0, 0.05) is 11.3 Å². The van der Waals surface area contributed by atoms with Gasteiger partial charge in [0.1, 0.15) is 0 Å². The highest BCUT2D eigenvalue weighted by atomic mass is 16.4. The zero-order chi connectivity index (χ0) is 11.5. The number of anilines is 1. The minimum absolute atomic E-state index is 0.304. The van der Waals surface area contributed by atoms with Crippen molar-refractivity contribution < 1.29 is 9.90 Å². The monoisotopic (exact) mass is 219 g/mol. The van der Waals surface area contributed by atoms with Crippen molar-refractivity contribution in [1.29, 1.82) is 0 Å². The molecule has 0 aliphatic carbocycles. The zero-order valence-corrected chi connectivity index (χ0v) is 8.24. The van der Waals surface area contributed by atoms with Crippen LogP contribution < -0.4 is 5.73 Å². The number of nitrogens with zero attached hydrogens (tertiary/aromatic N) is 4. The number of nitrogen functional groups attached to an aromatic ring is 1. The lowest BCUT2D eigenvalue weighted by molar-refractivity contribution is -0.138. The van der Waals surface area contributed by atoms with Crippen LogP contribution in [0.25, 0.3) is 11.4 Å². The number of carboxylic acids is 1. The van der Waals surface area contributed by atoms with Gasteiger partial charge in [0.25, 0.3) is 0 Å². The maximum Gasteiger partial charge on any atom is 0.327 e. The zero-order valence-electron chi connectivity index (χ0n) is 8.24. The van der Waals surface area contributed by atoms with Crippen molar-refractivity contribution in [2.24, 2.45) is 0 Å². The molecule has 82 valence electrons. The third-order valence-electron chi connectivity index (χ3n) is 1.90. The van der Waals surface area contributed by atoms with Gasteiger partial charge in [-0.25, -0.2) is 0 Å². The van der Waals surface area contributed by atoms with E-state index in [1.165, 1.54) is 0 Å². The fourth-order valence-electron chi connectivity index (χ4n) is 1.18. The van der Waals surface area contributed by atoms with Crippen LogP contribution in [0.15, 0.2) is 24.3 Å². The van der Waals surface area contributed by atoms with Gasteiger partial charge in [0.15, 0.2) is 6.54 Å². The molecule has 0 aliphatic rings. The first-order valence-corrected chi connectivity index (χ1v) is 4.50. The Morgan fingerprint density at radius 1 is 1.38 bits per heavy atom. The summed E-state index contributed by atoms with van der Waals surface area (Å²) in [7, 11) is 0. The summed E-state index contributed by atoms with van der Waals surface area (Å²) >= 11 is 0. The normalized spacial score (nSPS) is 10.2. The maximum absolute atomic E-state index is 10.4. The second-order valence-corrected chi connectivity index (χ2v) is 3.16. The van der Waals surface area contributed by atoms with Gasteiger partial charge in [-0.2, -0.15) is 4.80 Å². The second kappa shape index (κ2) is 3.97. The number of tetrazole rings is 1. The summed E-state index contributed by atoms with van der Waals surface area (Å²) in [5, 5.41) is 19.8. The highest BCUT2D eigenvalue weighted by molar-refractivity contribution is 5.66. The van der Waals surface area contributed by atoms with E-state index in [0.29, 0.717) is 11.5 Å². The molecule has 0 saturated heterocycles. The van der Waals surface area contributed by atoms with E-state index in [1.807, 2.05) is 0 Å². The molecule has 0 fully saturated rings. The molecule has 0 aliphatic heterocycles. The molecule has 1 aromatic heterocycles. The minimum Gasteiger partial charge on any atom is -0.480 e. The summed E-state index contributed by atoms with van der Waals surface area (Å²) in [4.78, 5) is 11.4. The number of aromatic nitrogens is 4. The van der Waals surface area contributed by atoms with Crippen molar-refractivity contribution in [3.63, 3.8) is 0 Å². The van der Waals surface area contributed by atoms with Gasteiger partial charge in [-0.15, -0.1) is 10.2 Å². The molecule has 16 heavy (non-hydrogen) atoms. The predicted molar refractivity (Wildman–Crippen MR) is 55.3 cm³/mol. The lowest BCUT2D eigenvalue weighted by Gasteiger charge is -1.95. The van der Waals surface area contributed by atoms with E-state index < -0.39 is 5.97 Å². The third kappa shape index (κ3) is 2.14. The van der Waals surface area contributed by atoms with Crippen molar-refractivity contribution in [2.45, 2.75) is 6.54 Å². The molecule has 0 spiro atoms. The van der Waals surface area contributed by atoms with Gasteiger partial charge in [-0.05, 0) is 29.5 Å². The van der Waals surface area contributed by atoms with E-state index in [0.717, 1.165) is 10.4 Å². The highest BCUT2D eigenvalue weighted by Crippen LogP contribution is 2.14. The molecule has 0 saturated carbocycles. The van der Waals surface area contributed by atoms with Gasteiger partial charge in [-0.3, -0.25) is 4.79 Å². The van der Waals surface area contributed by atoms with Crippen LogP contribution in [0.4, 0.5) is 5.69 Å². The first kappa shape index (κ1) is 10.1. The standard InChI is InChI=1S/C9H9N5O2/c10-7-3-1-6(2-4-7)9-11-13-14(12-9)5-8(15)16/h1-4H,5,10H2,(H,15,16). The second-order valence-electron chi connectivity index (χ2n) is 3.16. The molecular formula is C9H9N5O2. The topological polar surface area (TPSA) is 107 Å². The molecular weight excluding hydrogens is 210 g/mol. The maximum atomic E-state index is 10.4. The SMILES string of the molecule is Nc1ccc(-c2nnn(CC(=O)O)n2)cc1. The number of nitrogens with two attached hydrogens (primary N) is 1. The van der Waals surface area contributed by atoms with E-state index in [9.17, 15) is 4.79 Å². The molecule has 0 bridgehead atoms. The molecule has 0 amide bonds. The van der Waals surface area contributed by atoms with Crippen LogP contribution in [-0.2, 0) is 11.3 Å². The molecule has 0 atom stereocenters. The molecule has 2 rings (SSSR count). The van der Waals surface area contributed by atoms with Crippen LogP contribution in [0.1, 0.15) is 0 Å². The van der Waals surface area contributed by atoms with Gasteiger partial charge in [-0.1, -0.05) is 0 Å². The van der Waals surface area contributed by atoms with E-state index >= 15 is 0 Å². The molecule has 0 radical (unpaired) electrons. The molecule has 3 N–H and O–H groups in total.